The van der Waals surface area contributed by atoms with Crippen LogP contribution in [0.25, 0.3) is 6.08 Å². The van der Waals surface area contributed by atoms with Gasteiger partial charge in [-0.05, 0) is 49.9 Å². The van der Waals surface area contributed by atoms with E-state index in [-0.39, 0.29) is 18.1 Å². The average Bonchev–Trinajstić information content (AvgIpc) is 2.78. The second-order valence-electron chi connectivity index (χ2n) is 4.69. The molecule has 0 aromatic heterocycles. The van der Waals surface area contributed by atoms with Gasteiger partial charge in [-0.15, -0.1) is 0 Å². The molecule has 0 atom stereocenters. The highest BCUT2D eigenvalue weighted by Crippen LogP contribution is 2.34. The molecule has 2 amide bonds. The normalized spacial score (nSPS) is 16.0. The monoisotopic (exact) mass is 413 g/mol. The summed E-state index contributed by atoms with van der Waals surface area (Å²) in [4.78, 5) is 37.0. The van der Waals surface area contributed by atoms with E-state index in [1.807, 2.05) is 13.0 Å². The zero-order valence-corrected chi connectivity index (χ0v) is 15.6. The molecule has 1 aliphatic heterocycles. The van der Waals surface area contributed by atoms with Crippen LogP contribution in [0.4, 0.5) is 4.79 Å². The molecule has 0 spiro atoms. The maximum absolute atomic E-state index is 12.4. The smallest absolute Gasteiger partial charge is 0.326 e. The zero-order valence-electron chi connectivity index (χ0n) is 13.2. The highest BCUT2D eigenvalue weighted by Gasteiger charge is 2.36. The molecule has 2 rings (SSSR count). The van der Waals surface area contributed by atoms with E-state index in [9.17, 15) is 14.4 Å². The number of esters is 1. The van der Waals surface area contributed by atoms with Crippen LogP contribution >= 0.6 is 27.7 Å². The molecule has 1 saturated heterocycles. The summed E-state index contributed by atoms with van der Waals surface area (Å²) in [5, 5.41) is -0.493. The molecule has 0 aliphatic carbocycles. The second-order valence-corrected chi connectivity index (χ2v) is 6.60. The van der Waals surface area contributed by atoms with Crippen molar-refractivity contribution in [3.8, 4) is 5.75 Å². The summed E-state index contributed by atoms with van der Waals surface area (Å²) in [6.07, 6.45) is 1.59. The van der Waals surface area contributed by atoms with Crippen molar-refractivity contribution in [2.45, 2.75) is 13.8 Å². The maximum Gasteiger partial charge on any atom is 0.326 e. The Kier molecular flexibility index (Phi) is 6.44. The number of carbonyl (C=O) groups excluding carboxylic acids is 3. The average molecular weight is 414 g/mol. The van der Waals surface area contributed by atoms with E-state index in [1.165, 1.54) is 0 Å². The van der Waals surface area contributed by atoms with Crippen LogP contribution < -0.4 is 4.74 Å². The molecule has 1 aromatic carbocycles. The lowest BCUT2D eigenvalue weighted by molar-refractivity contribution is -0.145. The summed E-state index contributed by atoms with van der Waals surface area (Å²) in [5.41, 5.74) is 0.674. The largest absolute Gasteiger partial charge is 0.493 e. The number of thioether (sulfide) groups is 1. The number of benzene rings is 1. The lowest BCUT2D eigenvalue weighted by Crippen LogP contribution is -2.34. The first-order chi connectivity index (χ1) is 11.5. The van der Waals surface area contributed by atoms with Crippen molar-refractivity contribution in [3.05, 3.63) is 33.1 Å². The van der Waals surface area contributed by atoms with Crippen molar-refractivity contribution in [1.29, 1.82) is 0 Å². The molecule has 1 heterocycles. The van der Waals surface area contributed by atoms with Crippen LogP contribution in [0.15, 0.2) is 27.6 Å². The van der Waals surface area contributed by atoms with E-state index in [2.05, 4.69) is 15.9 Å². The Balaban J connectivity index is 2.25. The van der Waals surface area contributed by atoms with Crippen LogP contribution in [0.5, 0.6) is 5.75 Å². The van der Waals surface area contributed by atoms with Crippen molar-refractivity contribution in [2.24, 2.45) is 0 Å². The van der Waals surface area contributed by atoms with Crippen LogP contribution in [0.2, 0.25) is 0 Å². The third-order valence-corrected chi connectivity index (χ3v) is 4.43. The number of hydrogen-bond donors (Lipinski definition) is 0. The fourth-order valence-corrected chi connectivity index (χ4v) is 3.24. The molecule has 24 heavy (non-hydrogen) atoms. The van der Waals surface area contributed by atoms with Gasteiger partial charge in [0.25, 0.3) is 11.1 Å². The number of hydrogen-bond acceptors (Lipinski definition) is 6. The molecule has 0 unspecified atom stereocenters. The van der Waals surface area contributed by atoms with Gasteiger partial charge in [-0.3, -0.25) is 19.3 Å². The molecule has 1 fully saturated rings. The maximum atomic E-state index is 12.4. The SMILES string of the molecule is CCOC(=O)CN1C(=O)S/C(=C/c2cc(Br)ccc2OCC)C1=O. The van der Waals surface area contributed by atoms with Crippen molar-refractivity contribution in [1.82, 2.24) is 4.90 Å². The molecule has 1 aliphatic rings. The predicted molar refractivity (Wildman–Crippen MR) is 94.6 cm³/mol. The first kappa shape index (κ1) is 18.5. The summed E-state index contributed by atoms with van der Waals surface area (Å²) in [7, 11) is 0. The first-order valence-corrected chi connectivity index (χ1v) is 8.90. The number of halogens is 1. The number of amides is 2. The minimum absolute atomic E-state index is 0.195. The van der Waals surface area contributed by atoms with E-state index in [4.69, 9.17) is 9.47 Å². The highest BCUT2D eigenvalue weighted by atomic mass is 79.9. The van der Waals surface area contributed by atoms with Crippen molar-refractivity contribution < 1.29 is 23.9 Å². The van der Waals surface area contributed by atoms with Crippen LogP contribution in [0.3, 0.4) is 0 Å². The minimum Gasteiger partial charge on any atom is -0.493 e. The Morgan fingerprint density at radius 1 is 1.29 bits per heavy atom. The molecule has 8 heteroatoms. The lowest BCUT2D eigenvalue weighted by Gasteiger charge is -2.11. The third-order valence-electron chi connectivity index (χ3n) is 3.02. The first-order valence-electron chi connectivity index (χ1n) is 7.29. The van der Waals surface area contributed by atoms with Gasteiger partial charge >= 0.3 is 5.97 Å². The van der Waals surface area contributed by atoms with E-state index < -0.39 is 17.1 Å². The van der Waals surface area contributed by atoms with E-state index in [0.29, 0.717) is 17.9 Å². The van der Waals surface area contributed by atoms with Crippen LogP contribution in [0.1, 0.15) is 19.4 Å². The number of carbonyl (C=O) groups is 3. The minimum atomic E-state index is -0.612. The van der Waals surface area contributed by atoms with Gasteiger partial charge in [0.1, 0.15) is 12.3 Å². The molecule has 0 saturated carbocycles. The van der Waals surface area contributed by atoms with Gasteiger partial charge in [-0.25, -0.2) is 0 Å². The van der Waals surface area contributed by atoms with Crippen molar-refractivity contribution >= 4 is 50.9 Å². The Bertz CT molecular complexity index is 704. The predicted octanol–water partition coefficient (Wildman–Crippen LogP) is 3.45. The van der Waals surface area contributed by atoms with Gasteiger partial charge in [-0.2, -0.15) is 0 Å². The van der Waals surface area contributed by atoms with Gasteiger partial charge in [0.2, 0.25) is 0 Å². The number of ether oxygens (including phenoxy) is 2. The van der Waals surface area contributed by atoms with Gasteiger partial charge < -0.3 is 9.47 Å². The molecular formula is C16H16BrNO5S. The molecule has 0 N–H and O–H groups in total. The Morgan fingerprint density at radius 3 is 2.71 bits per heavy atom. The Labute approximate surface area is 152 Å². The van der Waals surface area contributed by atoms with Crippen LogP contribution in [-0.4, -0.2) is 41.8 Å². The fraction of sp³-hybridized carbons (Fsp3) is 0.312. The quantitative estimate of drug-likeness (QED) is 0.525. The van der Waals surface area contributed by atoms with E-state index in [0.717, 1.165) is 21.1 Å². The molecule has 1 aromatic rings. The summed E-state index contributed by atoms with van der Waals surface area (Å²) in [6, 6.07) is 5.40. The van der Waals surface area contributed by atoms with Crippen molar-refractivity contribution in [3.63, 3.8) is 0 Å². The molecule has 6 nitrogen and oxygen atoms in total. The molecular weight excluding hydrogens is 398 g/mol. The van der Waals surface area contributed by atoms with Gasteiger partial charge in [0.05, 0.1) is 18.1 Å². The Morgan fingerprint density at radius 2 is 2.04 bits per heavy atom. The summed E-state index contributed by atoms with van der Waals surface area (Å²) in [6.45, 7) is 3.81. The standard InChI is InChI=1S/C16H16BrNO5S/c1-3-22-12-6-5-11(17)7-10(12)8-13-15(20)18(16(21)24-13)9-14(19)23-4-2/h5-8H,3-4,9H2,1-2H3/b13-8+. The summed E-state index contributed by atoms with van der Waals surface area (Å²) < 4.78 is 11.1. The summed E-state index contributed by atoms with van der Waals surface area (Å²) >= 11 is 4.16. The highest BCUT2D eigenvalue weighted by molar-refractivity contribution is 9.10. The molecule has 0 bridgehead atoms. The molecule has 128 valence electrons. The number of nitrogens with zero attached hydrogens (tertiary/aromatic N) is 1. The Hall–Kier alpha value is -1.80. The topological polar surface area (TPSA) is 72.9 Å². The number of imide groups is 1. The van der Waals surface area contributed by atoms with Crippen LogP contribution in [0, 0.1) is 0 Å². The van der Waals surface area contributed by atoms with Gasteiger partial charge in [0.15, 0.2) is 0 Å². The molecule has 0 radical (unpaired) electrons. The van der Waals surface area contributed by atoms with Gasteiger partial charge in [-0.1, -0.05) is 15.9 Å². The second kappa shape index (κ2) is 8.34. The zero-order chi connectivity index (χ0) is 17.7. The van der Waals surface area contributed by atoms with E-state index in [1.54, 1.807) is 25.1 Å². The van der Waals surface area contributed by atoms with Gasteiger partial charge in [0, 0.05) is 10.0 Å². The van der Waals surface area contributed by atoms with E-state index >= 15 is 0 Å². The van der Waals surface area contributed by atoms with Crippen LogP contribution in [-0.2, 0) is 14.3 Å². The summed E-state index contributed by atoms with van der Waals surface area (Å²) in [5.74, 6) is -0.517. The number of rotatable bonds is 6. The third kappa shape index (κ3) is 4.39. The fourth-order valence-electron chi connectivity index (χ4n) is 2.03. The lowest BCUT2D eigenvalue weighted by atomic mass is 10.2. The van der Waals surface area contributed by atoms with Crippen molar-refractivity contribution in [2.75, 3.05) is 19.8 Å².